The molecule has 0 unspecified atom stereocenters. The molecule has 0 rings (SSSR count). The van der Waals surface area contributed by atoms with Gasteiger partial charge in [0.1, 0.15) is 0 Å². The quantitative estimate of drug-likeness (QED) is 0.230. The fourth-order valence-corrected chi connectivity index (χ4v) is 2.62. The van der Waals surface area contributed by atoms with Gasteiger partial charge in [0.2, 0.25) is 0 Å². The predicted octanol–water partition coefficient (Wildman–Crippen LogP) is 4.77. The van der Waals surface area contributed by atoms with Crippen molar-refractivity contribution in [3.05, 3.63) is 0 Å². The molecule has 134 valence electrons. The zero-order valence-corrected chi connectivity index (χ0v) is 15.3. The molecule has 0 aromatic carbocycles. The van der Waals surface area contributed by atoms with Crippen molar-refractivity contribution < 1.29 is 21.8 Å². The van der Waals surface area contributed by atoms with Gasteiger partial charge in [-0.25, -0.2) is 9.07 Å². The summed E-state index contributed by atoms with van der Waals surface area (Å²) in [4.78, 5) is 4.49. The van der Waals surface area contributed by atoms with E-state index in [1.165, 1.54) is 38.5 Å². The van der Waals surface area contributed by atoms with Gasteiger partial charge in [0.25, 0.3) is 0 Å². The first-order valence-corrected chi connectivity index (χ1v) is 10.0. The Morgan fingerprint density at radius 3 is 1.91 bits per heavy atom. The highest BCUT2D eigenvalue weighted by Gasteiger charge is 2.12. The third-order valence-corrected chi connectivity index (χ3v) is 4.04. The van der Waals surface area contributed by atoms with Gasteiger partial charge in [-0.05, 0) is 18.8 Å². The van der Waals surface area contributed by atoms with Crippen LogP contribution in [-0.4, -0.2) is 21.6 Å². The van der Waals surface area contributed by atoms with E-state index >= 15 is 0 Å². The summed E-state index contributed by atoms with van der Waals surface area (Å²) in [6.07, 6.45) is 11.3. The topological polar surface area (TPSA) is 61.8 Å². The highest BCUT2D eigenvalue weighted by atomic mass is 32.3. The van der Waals surface area contributed by atoms with Gasteiger partial charge in [-0.15, -0.1) is 0 Å². The second-order valence-electron chi connectivity index (χ2n) is 6.13. The predicted molar refractivity (Wildman–Crippen MR) is 88.6 cm³/mol. The number of rotatable bonds is 16. The highest BCUT2D eigenvalue weighted by molar-refractivity contribution is 7.81. The molecule has 6 heteroatoms. The molecular formula is C16H34O5S. The summed E-state index contributed by atoms with van der Waals surface area (Å²) in [7, 11) is -3.99. The summed E-state index contributed by atoms with van der Waals surface area (Å²) in [6, 6.07) is 0. The van der Waals surface area contributed by atoms with Crippen molar-refractivity contribution in [2.24, 2.45) is 5.92 Å². The minimum Gasteiger partial charge on any atom is -0.246 e. The van der Waals surface area contributed by atoms with Crippen LogP contribution in [0.3, 0.4) is 0 Å². The van der Waals surface area contributed by atoms with Crippen LogP contribution in [0.1, 0.15) is 85.0 Å². The van der Waals surface area contributed by atoms with Gasteiger partial charge < -0.3 is 0 Å². The van der Waals surface area contributed by atoms with Gasteiger partial charge in [-0.2, -0.15) is 8.42 Å². The normalized spacial score (nSPS) is 12.2. The van der Waals surface area contributed by atoms with E-state index in [1.807, 2.05) is 6.92 Å². The van der Waals surface area contributed by atoms with Crippen LogP contribution in [-0.2, 0) is 23.8 Å². The first-order chi connectivity index (χ1) is 10.5. The molecule has 22 heavy (non-hydrogen) atoms. The molecule has 0 aliphatic rings. The second kappa shape index (κ2) is 14.4. The van der Waals surface area contributed by atoms with Crippen molar-refractivity contribution in [1.82, 2.24) is 0 Å². The molecular weight excluding hydrogens is 304 g/mol. The lowest BCUT2D eigenvalue weighted by Gasteiger charge is -2.05. The average Bonchev–Trinajstić information content (AvgIpc) is 2.44. The summed E-state index contributed by atoms with van der Waals surface area (Å²) in [5.41, 5.74) is 0. The lowest BCUT2D eigenvalue weighted by molar-refractivity contribution is -0.209. The van der Waals surface area contributed by atoms with Crippen LogP contribution in [0.4, 0.5) is 0 Å². The Bertz CT molecular complexity index is 327. The Kier molecular flexibility index (Phi) is 14.3. The van der Waals surface area contributed by atoms with E-state index in [1.54, 1.807) is 0 Å². The maximum absolute atomic E-state index is 11.2. The Hall–Kier alpha value is -0.170. The molecule has 0 heterocycles. The third kappa shape index (κ3) is 16.2. The van der Waals surface area contributed by atoms with Gasteiger partial charge in [0, 0.05) is 0 Å². The van der Waals surface area contributed by atoms with Crippen molar-refractivity contribution in [1.29, 1.82) is 0 Å². The molecule has 5 nitrogen and oxygen atoms in total. The summed E-state index contributed by atoms with van der Waals surface area (Å²) >= 11 is 0. The van der Waals surface area contributed by atoms with Crippen LogP contribution in [0, 0.1) is 5.92 Å². The summed E-state index contributed by atoms with van der Waals surface area (Å²) < 4.78 is 31.3. The highest BCUT2D eigenvalue weighted by Crippen LogP contribution is 2.12. The smallest absolute Gasteiger partial charge is 0.246 e. The van der Waals surface area contributed by atoms with Crippen LogP contribution >= 0.6 is 0 Å². The fourth-order valence-electron chi connectivity index (χ4n) is 2.07. The van der Waals surface area contributed by atoms with Crippen LogP contribution in [0.2, 0.25) is 0 Å². The Labute approximate surface area is 137 Å². The molecule has 0 fully saturated rings. The molecule has 0 radical (unpaired) electrons. The SMILES string of the molecule is CCCOOS(=O)(=O)OCCCCCCCCCCC(C)C. The summed E-state index contributed by atoms with van der Waals surface area (Å²) in [6.45, 7) is 6.79. The minimum absolute atomic E-state index is 0.159. The monoisotopic (exact) mass is 338 g/mol. The van der Waals surface area contributed by atoms with Crippen molar-refractivity contribution in [2.75, 3.05) is 13.2 Å². The standard InChI is InChI=1S/C16H34O5S/c1-4-14-19-21-22(17,18)20-15-12-10-8-6-5-7-9-11-13-16(2)3/h16H,4-15H2,1-3H3. The number of unbranched alkanes of at least 4 members (excludes halogenated alkanes) is 7. The van der Waals surface area contributed by atoms with Gasteiger partial charge in [-0.3, -0.25) is 0 Å². The number of hydrogen-bond donors (Lipinski definition) is 0. The van der Waals surface area contributed by atoms with Crippen LogP contribution in [0.25, 0.3) is 0 Å². The summed E-state index contributed by atoms with van der Waals surface area (Å²) in [5, 5.41) is 0. The van der Waals surface area contributed by atoms with Crippen LogP contribution < -0.4 is 0 Å². The molecule has 0 atom stereocenters. The van der Waals surface area contributed by atoms with E-state index in [4.69, 9.17) is 0 Å². The van der Waals surface area contributed by atoms with Crippen molar-refractivity contribution >= 4 is 10.4 Å². The molecule has 0 spiro atoms. The van der Waals surface area contributed by atoms with Gasteiger partial charge in [0.05, 0.1) is 13.2 Å². The van der Waals surface area contributed by atoms with Gasteiger partial charge in [0.15, 0.2) is 0 Å². The maximum atomic E-state index is 11.2. The van der Waals surface area contributed by atoms with E-state index < -0.39 is 10.4 Å². The third-order valence-electron chi connectivity index (χ3n) is 3.32. The molecule has 0 saturated heterocycles. The molecule has 0 bridgehead atoms. The van der Waals surface area contributed by atoms with Crippen molar-refractivity contribution in [3.63, 3.8) is 0 Å². The first kappa shape index (κ1) is 21.8. The van der Waals surface area contributed by atoms with Gasteiger partial charge >= 0.3 is 10.4 Å². The van der Waals surface area contributed by atoms with E-state index in [0.717, 1.165) is 25.2 Å². The van der Waals surface area contributed by atoms with Crippen molar-refractivity contribution in [2.45, 2.75) is 85.0 Å². The zero-order chi connectivity index (χ0) is 16.7. The van der Waals surface area contributed by atoms with E-state index in [2.05, 4.69) is 27.3 Å². The molecule has 0 aliphatic heterocycles. The maximum Gasteiger partial charge on any atom is 0.426 e. The minimum atomic E-state index is -3.99. The van der Waals surface area contributed by atoms with E-state index in [-0.39, 0.29) is 13.2 Å². The lowest BCUT2D eigenvalue weighted by atomic mass is 10.0. The zero-order valence-electron chi connectivity index (χ0n) is 14.5. The average molecular weight is 339 g/mol. The summed E-state index contributed by atoms with van der Waals surface area (Å²) in [5.74, 6) is 0.813. The fraction of sp³-hybridized carbons (Fsp3) is 1.00. The van der Waals surface area contributed by atoms with E-state index in [9.17, 15) is 8.42 Å². The van der Waals surface area contributed by atoms with Crippen LogP contribution in [0.5, 0.6) is 0 Å². The molecule has 0 aliphatic carbocycles. The Morgan fingerprint density at radius 2 is 1.36 bits per heavy atom. The first-order valence-electron chi connectivity index (χ1n) is 8.68. The largest absolute Gasteiger partial charge is 0.426 e. The molecule has 0 aromatic rings. The Balaban J connectivity index is 3.29. The van der Waals surface area contributed by atoms with E-state index in [0.29, 0.717) is 6.42 Å². The molecule has 0 N–H and O–H groups in total. The Morgan fingerprint density at radius 1 is 0.818 bits per heavy atom. The van der Waals surface area contributed by atoms with Gasteiger partial charge in [-0.1, -0.05) is 76.5 Å². The van der Waals surface area contributed by atoms with Crippen LogP contribution in [0.15, 0.2) is 0 Å². The lowest BCUT2D eigenvalue weighted by Crippen LogP contribution is -2.12. The second-order valence-corrected chi connectivity index (χ2v) is 7.32. The number of hydrogen-bond acceptors (Lipinski definition) is 5. The molecule has 0 aromatic heterocycles. The van der Waals surface area contributed by atoms with Crippen molar-refractivity contribution in [3.8, 4) is 0 Å². The molecule has 0 saturated carbocycles. The molecule has 0 amide bonds.